The molecule has 1 unspecified atom stereocenters. The molecule has 0 fully saturated rings. The monoisotopic (exact) mass is 270 g/mol. The Bertz CT molecular complexity index is 474. The molecular weight excluding hydrogens is 256 g/mol. The van der Waals surface area contributed by atoms with E-state index in [-0.39, 0.29) is 11.5 Å². The minimum absolute atomic E-state index is 0.151. The standard InChI is InChI=1S/C12H15ClN2O3/c1-6(2)10(12(17)18)15-9-5-7(13)3-4-8(9)11(14)16/h3-6,10,15H,1-2H3,(H2,14,16)(H,17,18). The van der Waals surface area contributed by atoms with Crippen LogP contribution >= 0.6 is 11.6 Å². The number of carbonyl (C=O) groups is 2. The van der Waals surface area contributed by atoms with E-state index in [0.717, 1.165) is 0 Å². The maximum Gasteiger partial charge on any atom is 0.326 e. The first-order chi connectivity index (χ1) is 8.32. The van der Waals surface area contributed by atoms with Crippen LogP contribution in [-0.4, -0.2) is 23.0 Å². The molecule has 0 saturated carbocycles. The summed E-state index contributed by atoms with van der Waals surface area (Å²) in [6.45, 7) is 3.53. The zero-order valence-electron chi connectivity index (χ0n) is 10.1. The molecule has 0 aliphatic heterocycles. The van der Waals surface area contributed by atoms with E-state index < -0.39 is 17.9 Å². The van der Waals surface area contributed by atoms with Crippen LogP contribution in [0.4, 0.5) is 5.69 Å². The molecule has 1 aromatic rings. The molecule has 0 spiro atoms. The average molecular weight is 271 g/mol. The molecule has 4 N–H and O–H groups in total. The number of carbonyl (C=O) groups excluding carboxylic acids is 1. The van der Waals surface area contributed by atoms with Crippen LogP contribution < -0.4 is 11.1 Å². The predicted molar refractivity (Wildman–Crippen MR) is 69.9 cm³/mol. The highest BCUT2D eigenvalue weighted by Gasteiger charge is 2.23. The number of halogens is 1. The van der Waals surface area contributed by atoms with Crippen LogP contribution in [0.15, 0.2) is 18.2 Å². The molecule has 0 bridgehead atoms. The quantitative estimate of drug-likeness (QED) is 0.762. The second-order valence-corrected chi connectivity index (χ2v) is 4.69. The van der Waals surface area contributed by atoms with Crippen molar-refractivity contribution in [1.82, 2.24) is 0 Å². The minimum atomic E-state index is -1.000. The first-order valence-corrected chi connectivity index (χ1v) is 5.79. The number of amides is 1. The lowest BCUT2D eigenvalue weighted by atomic mass is 10.0. The van der Waals surface area contributed by atoms with Gasteiger partial charge in [0.05, 0.1) is 5.56 Å². The SMILES string of the molecule is CC(C)C(Nc1cc(Cl)ccc1C(N)=O)C(=O)O. The van der Waals surface area contributed by atoms with E-state index >= 15 is 0 Å². The van der Waals surface area contributed by atoms with Gasteiger partial charge in [-0.3, -0.25) is 4.79 Å². The Kier molecular flexibility index (Phi) is 4.55. The highest BCUT2D eigenvalue weighted by molar-refractivity contribution is 6.31. The second kappa shape index (κ2) is 5.73. The Morgan fingerprint density at radius 1 is 1.39 bits per heavy atom. The number of nitrogens with two attached hydrogens (primary N) is 1. The van der Waals surface area contributed by atoms with E-state index in [0.29, 0.717) is 10.7 Å². The molecule has 0 heterocycles. The van der Waals surface area contributed by atoms with Gasteiger partial charge in [0.1, 0.15) is 6.04 Å². The topological polar surface area (TPSA) is 92.4 Å². The van der Waals surface area contributed by atoms with Crippen molar-refractivity contribution in [3.8, 4) is 0 Å². The number of carboxylic acids is 1. The Hall–Kier alpha value is -1.75. The maximum absolute atomic E-state index is 11.2. The number of carboxylic acid groups (broad SMARTS) is 1. The second-order valence-electron chi connectivity index (χ2n) is 4.26. The Morgan fingerprint density at radius 3 is 2.44 bits per heavy atom. The summed E-state index contributed by atoms with van der Waals surface area (Å²) < 4.78 is 0. The number of aliphatic carboxylic acids is 1. The number of nitrogens with one attached hydrogen (secondary N) is 1. The third-order valence-electron chi connectivity index (χ3n) is 2.49. The lowest BCUT2D eigenvalue weighted by molar-refractivity contribution is -0.138. The van der Waals surface area contributed by atoms with Gasteiger partial charge in [-0.2, -0.15) is 0 Å². The summed E-state index contributed by atoms with van der Waals surface area (Å²) in [6.07, 6.45) is 0. The average Bonchev–Trinajstić information content (AvgIpc) is 2.24. The van der Waals surface area contributed by atoms with Crippen LogP contribution in [0.25, 0.3) is 0 Å². The Morgan fingerprint density at radius 2 is 2.00 bits per heavy atom. The first kappa shape index (κ1) is 14.3. The zero-order valence-corrected chi connectivity index (χ0v) is 10.9. The van der Waals surface area contributed by atoms with E-state index in [9.17, 15) is 9.59 Å². The van der Waals surface area contributed by atoms with E-state index in [4.69, 9.17) is 22.4 Å². The van der Waals surface area contributed by atoms with Crippen LogP contribution in [0.5, 0.6) is 0 Å². The molecule has 18 heavy (non-hydrogen) atoms. The molecule has 98 valence electrons. The van der Waals surface area contributed by atoms with Crippen LogP contribution in [0.3, 0.4) is 0 Å². The third-order valence-corrected chi connectivity index (χ3v) is 2.73. The predicted octanol–water partition coefficient (Wildman–Crippen LogP) is 1.96. The molecule has 0 aliphatic carbocycles. The fourth-order valence-electron chi connectivity index (χ4n) is 1.53. The van der Waals surface area contributed by atoms with Gasteiger partial charge in [-0.05, 0) is 24.1 Å². The first-order valence-electron chi connectivity index (χ1n) is 5.41. The largest absolute Gasteiger partial charge is 0.480 e. The molecule has 1 amide bonds. The van der Waals surface area contributed by atoms with Gasteiger partial charge in [-0.15, -0.1) is 0 Å². The zero-order chi connectivity index (χ0) is 13.9. The van der Waals surface area contributed by atoms with Gasteiger partial charge >= 0.3 is 5.97 Å². The molecule has 6 heteroatoms. The lowest BCUT2D eigenvalue weighted by Gasteiger charge is -2.20. The number of benzene rings is 1. The van der Waals surface area contributed by atoms with E-state index in [1.54, 1.807) is 13.8 Å². The summed E-state index contributed by atoms with van der Waals surface area (Å²) >= 11 is 5.82. The summed E-state index contributed by atoms with van der Waals surface area (Å²) in [5, 5.41) is 12.3. The van der Waals surface area contributed by atoms with Crippen LogP contribution in [0.1, 0.15) is 24.2 Å². The number of primary amides is 1. The van der Waals surface area contributed by atoms with Crippen molar-refractivity contribution < 1.29 is 14.7 Å². The van der Waals surface area contributed by atoms with Gasteiger partial charge in [0.25, 0.3) is 5.91 Å². The fourth-order valence-corrected chi connectivity index (χ4v) is 1.70. The van der Waals surface area contributed by atoms with Crippen LogP contribution in [0, 0.1) is 5.92 Å². The van der Waals surface area contributed by atoms with Gasteiger partial charge in [0.2, 0.25) is 0 Å². The Labute approximate surface area is 110 Å². The number of hydrogen-bond acceptors (Lipinski definition) is 3. The Balaban J connectivity index is 3.12. The molecule has 1 aromatic carbocycles. The molecule has 0 saturated heterocycles. The smallest absolute Gasteiger partial charge is 0.326 e. The van der Waals surface area contributed by atoms with Crippen molar-refractivity contribution in [3.63, 3.8) is 0 Å². The maximum atomic E-state index is 11.2. The van der Waals surface area contributed by atoms with Crippen molar-refractivity contribution in [1.29, 1.82) is 0 Å². The van der Waals surface area contributed by atoms with Gasteiger partial charge < -0.3 is 16.2 Å². The van der Waals surface area contributed by atoms with E-state index in [1.165, 1.54) is 18.2 Å². The molecule has 1 atom stereocenters. The summed E-state index contributed by atoms with van der Waals surface area (Å²) in [5.41, 5.74) is 5.77. The molecule has 0 aromatic heterocycles. The summed E-state index contributed by atoms with van der Waals surface area (Å²) in [5.74, 6) is -1.79. The molecule has 5 nitrogen and oxygen atoms in total. The minimum Gasteiger partial charge on any atom is -0.480 e. The summed E-state index contributed by atoms with van der Waals surface area (Å²) in [4.78, 5) is 22.3. The van der Waals surface area contributed by atoms with Crippen LogP contribution in [0.2, 0.25) is 5.02 Å². The molecule has 0 aliphatic rings. The van der Waals surface area contributed by atoms with Crippen molar-refractivity contribution in [2.75, 3.05) is 5.32 Å². The molecule has 0 radical (unpaired) electrons. The van der Waals surface area contributed by atoms with Crippen molar-refractivity contribution in [3.05, 3.63) is 28.8 Å². The van der Waals surface area contributed by atoms with Crippen LogP contribution in [-0.2, 0) is 4.79 Å². The summed E-state index contributed by atoms with van der Waals surface area (Å²) in [7, 11) is 0. The van der Waals surface area contributed by atoms with Crippen molar-refractivity contribution >= 4 is 29.2 Å². The molecule has 1 rings (SSSR count). The van der Waals surface area contributed by atoms with Crippen molar-refractivity contribution in [2.45, 2.75) is 19.9 Å². The van der Waals surface area contributed by atoms with E-state index in [2.05, 4.69) is 5.32 Å². The van der Waals surface area contributed by atoms with Gasteiger partial charge in [0.15, 0.2) is 0 Å². The van der Waals surface area contributed by atoms with E-state index in [1.807, 2.05) is 0 Å². The highest BCUT2D eigenvalue weighted by atomic mass is 35.5. The third kappa shape index (κ3) is 3.37. The van der Waals surface area contributed by atoms with Gasteiger partial charge in [0, 0.05) is 10.7 Å². The number of anilines is 1. The number of rotatable bonds is 5. The van der Waals surface area contributed by atoms with Gasteiger partial charge in [-0.1, -0.05) is 25.4 Å². The number of hydrogen-bond donors (Lipinski definition) is 3. The fraction of sp³-hybridized carbons (Fsp3) is 0.333. The van der Waals surface area contributed by atoms with Gasteiger partial charge in [-0.25, -0.2) is 4.79 Å². The lowest BCUT2D eigenvalue weighted by Crippen LogP contribution is -2.35. The normalized spacial score (nSPS) is 12.2. The summed E-state index contributed by atoms with van der Waals surface area (Å²) in [6, 6.07) is 3.66. The highest BCUT2D eigenvalue weighted by Crippen LogP contribution is 2.23. The van der Waals surface area contributed by atoms with Crippen molar-refractivity contribution in [2.24, 2.45) is 11.7 Å². The molecular formula is C12H15ClN2O3.